The highest BCUT2D eigenvalue weighted by Gasteiger charge is 2.14. The molecule has 0 atom stereocenters. The standard InChI is InChI=1S/C19H18BrClN4O2/c20-25(13-15-3-1-9-22-12-15)17-11-18(26)23-24-19(17)27-10-2-4-14-5-7-16(21)8-6-14/h1,3,5-9,11-12H,2,4,10,13H2,(H,23,26). The molecule has 140 valence electrons. The Kier molecular flexibility index (Phi) is 6.84. The minimum Gasteiger partial charge on any atom is -0.475 e. The molecule has 0 aliphatic rings. The number of hydrogen-bond donors (Lipinski definition) is 1. The van der Waals surface area contributed by atoms with Crippen LogP contribution in [0.3, 0.4) is 0 Å². The third-order valence-electron chi connectivity index (χ3n) is 3.82. The van der Waals surface area contributed by atoms with E-state index < -0.39 is 0 Å². The summed E-state index contributed by atoms with van der Waals surface area (Å²) in [5, 5.41) is 7.18. The number of pyridine rings is 1. The van der Waals surface area contributed by atoms with Gasteiger partial charge in [-0.2, -0.15) is 0 Å². The van der Waals surface area contributed by atoms with Crippen LogP contribution in [-0.2, 0) is 13.0 Å². The molecule has 6 nitrogen and oxygen atoms in total. The van der Waals surface area contributed by atoms with Crippen molar-refractivity contribution in [3.05, 3.63) is 81.4 Å². The summed E-state index contributed by atoms with van der Waals surface area (Å²) in [4.78, 5) is 15.8. The molecule has 2 heterocycles. The van der Waals surface area contributed by atoms with E-state index in [1.807, 2.05) is 36.4 Å². The van der Waals surface area contributed by atoms with E-state index in [4.69, 9.17) is 16.3 Å². The topological polar surface area (TPSA) is 71.1 Å². The Labute approximate surface area is 170 Å². The van der Waals surface area contributed by atoms with Gasteiger partial charge in [-0.05, 0) is 42.2 Å². The van der Waals surface area contributed by atoms with E-state index in [-0.39, 0.29) is 5.56 Å². The molecule has 0 aliphatic carbocycles. The van der Waals surface area contributed by atoms with Gasteiger partial charge in [-0.25, -0.2) is 5.10 Å². The molecule has 2 aromatic heterocycles. The van der Waals surface area contributed by atoms with Crippen molar-refractivity contribution in [1.82, 2.24) is 15.2 Å². The molecule has 1 N–H and O–H groups in total. The average molecular weight is 450 g/mol. The minimum absolute atomic E-state index is 0.297. The van der Waals surface area contributed by atoms with Crippen LogP contribution in [0.25, 0.3) is 0 Å². The first-order valence-corrected chi connectivity index (χ1v) is 9.50. The fraction of sp³-hybridized carbons (Fsp3) is 0.211. The van der Waals surface area contributed by atoms with Crippen LogP contribution in [0.2, 0.25) is 5.02 Å². The first-order valence-electron chi connectivity index (χ1n) is 8.41. The molecule has 27 heavy (non-hydrogen) atoms. The van der Waals surface area contributed by atoms with Gasteiger partial charge in [0.25, 0.3) is 11.4 Å². The number of benzene rings is 1. The average Bonchev–Trinajstić information content (AvgIpc) is 2.68. The number of nitrogens with zero attached hydrogens (tertiary/aromatic N) is 3. The molecule has 0 radical (unpaired) electrons. The third kappa shape index (κ3) is 5.80. The van der Waals surface area contributed by atoms with Gasteiger partial charge in [-0.15, -0.1) is 5.10 Å². The lowest BCUT2D eigenvalue weighted by Crippen LogP contribution is -2.17. The number of nitrogens with one attached hydrogen (secondary N) is 1. The van der Waals surface area contributed by atoms with Gasteiger partial charge in [-0.3, -0.25) is 13.7 Å². The molecule has 8 heteroatoms. The lowest BCUT2D eigenvalue weighted by molar-refractivity contribution is 0.296. The van der Waals surface area contributed by atoms with Crippen LogP contribution in [0, 0.1) is 0 Å². The van der Waals surface area contributed by atoms with E-state index in [1.165, 1.54) is 11.6 Å². The highest BCUT2D eigenvalue weighted by Crippen LogP contribution is 2.28. The minimum atomic E-state index is -0.297. The largest absolute Gasteiger partial charge is 0.475 e. The fourth-order valence-corrected chi connectivity index (χ4v) is 3.16. The van der Waals surface area contributed by atoms with Gasteiger partial charge in [0.1, 0.15) is 5.69 Å². The first kappa shape index (κ1) is 19.4. The fourth-order valence-electron chi connectivity index (χ4n) is 2.49. The summed E-state index contributed by atoms with van der Waals surface area (Å²) < 4.78 is 7.54. The molecule has 0 fully saturated rings. The van der Waals surface area contributed by atoms with E-state index >= 15 is 0 Å². The number of aromatic amines is 1. The monoisotopic (exact) mass is 448 g/mol. The Morgan fingerprint density at radius 1 is 1.19 bits per heavy atom. The second-order valence-electron chi connectivity index (χ2n) is 5.88. The van der Waals surface area contributed by atoms with Crippen LogP contribution in [0.1, 0.15) is 17.5 Å². The summed E-state index contributed by atoms with van der Waals surface area (Å²) in [5.74, 6) is 0.367. The number of H-pyrrole nitrogens is 1. The Morgan fingerprint density at radius 2 is 2.00 bits per heavy atom. The summed E-state index contributed by atoms with van der Waals surface area (Å²) >= 11 is 9.38. The normalized spacial score (nSPS) is 10.6. The Balaban J connectivity index is 1.61. The summed E-state index contributed by atoms with van der Waals surface area (Å²) in [5.41, 5.74) is 2.45. The van der Waals surface area contributed by atoms with E-state index in [0.717, 1.165) is 23.4 Å². The highest BCUT2D eigenvalue weighted by atomic mass is 79.9. The van der Waals surface area contributed by atoms with E-state index in [9.17, 15) is 4.79 Å². The van der Waals surface area contributed by atoms with Crippen molar-refractivity contribution in [1.29, 1.82) is 0 Å². The third-order valence-corrected chi connectivity index (χ3v) is 4.71. The van der Waals surface area contributed by atoms with Crippen molar-refractivity contribution in [2.75, 3.05) is 10.5 Å². The zero-order valence-corrected chi connectivity index (χ0v) is 16.8. The van der Waals surface area contributed by atoms with Crippen molar-refractivity contribution in [2.24, 2.45) is 0 Å². The van der Waals surface area contributed by atoms with Gasteiger partial charge in [0.2, 0.25) is 0 Å². The maximum Gasteiger partial charge on any atom is 0.266 e. The predicted octanol–water partition coefficient (Wildman–Crippen LogP) is 4.15. The van der Waals surface area contributed by atoms with Gasteiger partial charge < -0.3 is 4.74 Å². The second-order valence-corrected chi connectivity index (χ2v) is 7.18. The number of anilines is 1. The number of aryl methyl sites for hydroxylation is 1. The van der Waals surface area contributed by atoms with Crippen LogP contribution in [0.15, 0.2) is 59.7 Å². The molecule has 1 aromatic carbocycles. The van der Waals surface area contributed by atoms with Crippen molar-refractivity contribution in [2.45, 2.75) is 19.4 Å². The molecule has 3 rings (SSSR count). The summed E-state index contributed by atoms with van der Waals surface area (Å²) in [6, 6.07) is 13.0. The first-order chi connectivity index (χ1) is 13.1. The molecular formula is C19H18BrClN4O2. The van der Waals surface area contributed by atoms with E-state index in [1.54, 1.807) is 16.3 Å². The Hall–Kier alpha value is -2.38. The van der Waals surface area contributed by atoms with Crippen molar-refractivity contribution >= 4 is 33.4 Å². The smallest absolute Gasteiger partial charge is 0.266 e. The molecular weight excluding hydrogens is 432 g/mol. The predicted molar refractivity (Wildman–Crippen MR) is 109 cm³/mol. The number of rotatable bonds is 8. The quantitative estimate of drug-likeness (QED) is 0.413. The van der Waals surface area contributed by atoms with Crippen molar-refractivity contribution in [3.8, 4) is 5.88 Å². The number of ether oxygens (including phenoxy) is 1. The summed E-state index contributed by atoms with van der Waals surface area (Å²) in [7, 11) is 0. The SMILES string of the molecule is O=c1cc(N(Br)Cc2cccnc2)c(OCCCc2ccc(Cl)cc2)n[nH]1. The maximum atomic E-state index is 11.7. The second kappa shape index (κ2) is 9.53. The van der Waals surface area contributed by atoms with Gasteiger partial charge in [0.05, 0.1) is 29.3 Å². The zero-order chi connectivity index (χ0) is 19.1. The van der Waals surface area contributed by atoms with Crippen molar-refractivity contribution < 1.29 is 4.74 Å². The Bertz CT molecular complexity index is 919. The van der Waals surface area contributed by atoms with Crippen LogP contribution >= 0.6 is 27.7 Å². The lowest BCUT2D eigenvalue weighted by atomic mass is 10.1. The number of aromatic nitrogens is 3. The van der Waals surface area contributed by atoms with Gasteiger partial charge >= 0.3 is 0 Å². The van der Waals surface area contributed by atoms with Crippen LogP contribution in [0.4, 0.5) is 5.69 Å². The lowest BCUT2D eigenvalue weighted by Gasteiger charge is -2.18. The molecule has 0 saturated heterocycles. The summed E-state index contributed by atoms with van der Waals surface area (Å²) in [6.07, 6.45) is 5.16. The maximum absolute atomic E-state index is 11.7. The number of hydrogen-bond acceptors (Lipinski definition) is 5. The van der Waals surface area contributed by atoms with E-state index in [0.29, 0.717) is 24.7 Å². The van der Waals surface area contributed by atoms with Crippen LogP contribution in [-0.4, -0.2) is 21.8 Å². The molecule has 0 unspecified atom stereocenters. The van der Waals surface area contributed by atoms with Gasteiger partial charge in [0.15, 0.2) is 0 Å². The molecule has 0 amide bonds. The molecule has 0 saturated carbocycles. The van der Waals surface area contributed by atoms with Crippen molar-refractivity contribution in [3.63, 3.8) is 0 Å². The van der Waals surface area contributed by atoms with Crippen LogP contribution in [0.5, 0.6) is 5.88 Å². The van der Waals surface area contributed by atoms with Crippen LogP contribution < -0.4 is 14.2 Å². The van der Waals surface area contributed by atoms with Gasteiger partial charge in [-0.1, -0.05) is 29.8 Å². The molecule has 3 aromatic rings. The molecule has 0 aliphatic heterocycles. The summed E-state index contributed by atoms with van der Waals surface area (Å²) in [6.45, 7) is 0.989. The molecule has 0 bridgehead atoms. The van der Waals surface area contributed by atoms with Gasteiger partial charge in [0, 0.05) is 23.5 Å². The number of halogens is 2. The zero-order valence-electron chi connectivity index (χ0n) is 14.4. The van der Waals surface area contributed by atoms with E-state index in [2.05, 4.69) is 31.3 Å². The Morgan fingerprint density at radius 3 is 2.74 bits per heavy atom. The molecule has 0 spiro atoms. The highest BCUT2D eigenvalue weighted by molar-refractivity contribution is 9.10.